The molecule has 0 aromatic carbocycles. The van der Waals surface area contributed by atoms with Gasteiger partial charge >= 0.3 is 0 Å². The van der Waals surface area contributed by atoms with E-state index in [2.05, 4.69) is 36.6 Å². The Morgan fingerprint density at radius 3 is 2.96 bits per heavy atom. The van der Waals surface area contributed by atoms with Crippen molar-refractivity contribution in [3.63, 3.8) is 0 Å². The fourth-order valence-electron chi connectivity index (χ4n) is 3.66. The lowest BCUT2D eigenvalue weighted by atomic mass is 9.87. The van der Waals surface area contributed by atoms with Crippen molar-refractivity contribution in [2.24, 2.45) is 5.41 Å². The minimum atomic E-state index is 0.200. The van der Waals surface area contributed by atoms with Gasteiger partial charge in [-0.25, -0.2) is 9.97 Å². The fraction of sp³-hybridized carbons (Fsp3) is 0.529. The lowest BCUT2D eigenvalue weighted by Crippen LogP contribution is -2.40. The summed E-state index contributed by atoms with van der Waals surface area (Å²) in [6, 6.07) is 4.09. The third-order valence-electron chi connectivity index (χ3n) is 4.78. The van der Waals surface area contributed by atoms with Crippen molar-refractivity contribution in [3.05, 3.63) is 40.8 Å². The van der Waals surface area contributed by atoms with Gasteiger partial charge in [0, 0.05) is 50.5 Å². The van der Waals surface area contributed by atoms with Gasteiger partial charge in [0.15, 0.2) is 0 Å². The second-order valence-electron chi connectivity index (χ2n) is 6.62. The van der Waals surface area contributed by atoms with Gasteiger partial charge in [0.1, 0.15) is 0 Å². The molecule has 2 aromatic rings. The Labute approximate surface area is 140 Å². The van der Waals surface area contributed by atoms with Gasteiger partial charge in [-0.15, -0.1) is 0 Å². The summed E-state index contributed by atoms with van der Waals surface area (Å²) in [5, 5.41) is 4.40. The monoisotopic (exact) mass is 330 g/mol. The van der Waals surface area contributed by atoms with E-state index in [9.17, 15) is 0 Å². The van der Waals surface area contributed by atoms with Crippen molar-refractivity contribution >= 4 is 17.3 Å². The van der Waals surface area contributed by atoms with Crippen LogP contribution in [0, 0.1) is 5.41 Å². The lowest BCUT2D eigenvalue weighted by molar-refractivity contribution is 0.0798. The van der Waals surface area contributed by atoms with Gasteiger partial charge in [0.05, 0.1) is 13.2 Å². The molecule has 23 heavy (non-hydrogen) atoms. The summed E-state index contributed by atoms with van der Waals surface area (Å²) >= 11 is 1.77. The zero-order valence-electron chi connectivity index (χ0n) is 13.2. The molecule has 0 amide bonds. The van der Waals surface area contributed by atoms with Crippen molar-refractivity contribution in [2.45, 2.75) is 13.0 Å². The number of anilines is 1. The van der Waals surface area contributed by atoms with E-state index in [-0.39, 0.29) is 5.41 Å². The number of nitrogens with zero attached hydrogens (tertiary/aromatic N) is 4. The molecule has 0 radical (unpaired) electrons. The highest BCUT2D eigenvalue weighted by Gasteiger charge is 2.41. The minimum Gasteiger partial charge on any atom is -0.379 e. The standard InChI is InChI=1S/C17H22N4OS/c1-4-18-16(19-5-1)21-6-3-17(13-21)12-20(7-8-22-14-17)10-15-2-9-23-11-15/h1-2,4-5,9,11H,3,6-8,10,12-14H2. The molecule has 6 heteroatoms. The average molecular weight is 330 g/mol. The van der Waals surface area contributed by atoms with E-state index in [0.717, 1.165) is 58.3 Å². The maximum Gasteiger partial charge on any atom is 0.225 e. The minimum absolute atomic E-state index is 0.200. The second kappa shape index (κ2) is 6.55. The molecule has 1 atom stereocenters. The van der Waals surface area contributed by atoms with Crippen molar-refractivity contribution in [1.29, 1.82) is 0 Å². The summed E-state index contributed by atoms with van der Waals surface area (Å²) in [6.45, 7) is 6.79. The van der Waals surface area contributed by atoms with E-state index in [1.165, 1.54) is 5.56 Å². The zero-order chi connectivity index (χ0) is 15.5. The number of rotatable bonds is 3. The summed E-state index contributed by atoms with van der Waals surface area (Å²) in [7, 11) is 0. The molecule has 4 heterocycles. The molecule has 0 N–H and O–H groups in total. The lowest BCUT2D eigenvalue weighted by Gasteiger charge is -2.31. The first kappa shape index (κ1) is 15.1. The molecular weight excluding hydrogens is 308 g/mol. The first-order valence-corrected chi connectivity index (χ1v) is 9.11. The van der Waals surface area contributed by atoms with E-state index >= 15 is 0 Å². The van der Waals surface area contributed by atoms with E-state index in [0.29, 0.717) is 0 Å². The Bertz CT molecular complexity index is 621. The molecular formula is C17H22N4OS. The number of hydrogen-bond acceptors (Lipinski definition) is 6. The van der Waals surface area contributed by atoms with Crippen LogP contribution in [-0.4, -0.2) is 54.3 Å². The molecule has 5 nitrogen and oxygen atoms in total. The number of ether oxygens (including phenoxy) is 1. The van der Waals surface area contributed by atoms with Crippen LogP contribution in [0.3, 0.4) is 0 Å². The molecule has 2 saturated heterocycles. The highest BCUT2D eigenvalue weighted by Crippen LogP contribution is 2.35. The Morgan fingerprint density at radius 2 is 2.13 bits per heavy atom. The van der Waals surface area contributed by atoms with Crippen molar-refractivity contribution in [1.82, 2.24) is 14.9 Å². The number of hydrogen-bond donors (Lipinski definition) is 0. The Balaban J connectivity index is 1.46. The smallest absolute Gasteiger partial charge is 0.225 e. The highest BCUT2D eigenvalue weighted by molar-refractivity contribution is 7.07. The maximum atomic E-state index is 5.96. The summed E-state index contributed by atoms with van der Waals surface area (Å²) in [6.07, 6.45) is 4.78. The van der Waals surface area contributed by atoms with Crippen LogP contribution in [0.25, 0.3) is 0 Å². The zero-order valence-corrected chi connectivity index (χ0v) is 14.0. The van der Waals surface area contributed by atoms with Crippen molar-refractivity contribution < 1.29 is 4.74 Å². The van der Waals surface area contributed by atoms with Crippen LogP contribution in [0.15, 0.2) is 35.3 Å². The van der Waals surface area contributed by atoms with E-state index in [1.54, 1.807) is 11.3 Å². The molecule has 2 aromatic heterocycles. The Kier molecular flexibility index (Phi) is 4.29. The van der Waals surface area contributed by atoms with Gasteiger partial charge in [0.2, 0.25) is 5.95 Å². The largest absolute Gasteiger partial charge is 0.379 e. The van der Waals surface area contributed by atoms with Crippen LogP contribution in [0.1, 0.15) is 12.0 Å². The van der Waals surface area contributed by atoms with Crippen LogP contribution in [-0.2, 0) is 11.3 Å². The Hall–Kier alpha value is -1.50. The molecule has 0 saturated carbocycles. The van der Waals surface area contributed by atoms with Crippen LogP contribution in [0.4, 0.5) is 5.95 Å². The molecule has 1 spiro atoms. The third kappa shape index (κ3) is 3.39. The van der Waals surface area contributed by atoms with Crippen molar-refractivity contribution in [3.8, 4) is 0 Å². The van der Waals surface area contributed by atoms with Gasteiger partial charge in [0.25, 0.3) is 0 Å². The topological polar surface area (TPSA) is 41.5 Å². The van der Waals surface area contributed by atoms with Gasteiger partial charge in [-0.3, -0.25) is 4.90 Å². The molecule has 1 unspecified atom stereocenters. The third-order valence-corrected chi connectivity index (χ3v) is 5.51. The van der Waals surface area contributed by atoms with Gasteiger partial charge in [-0.05, 0) is 34.9 Å². The molecule has 2 fully saturated rings. The van der Waals surface area contributed by atoms with E-state index < -0.39 is 0 Å². The first-order chi connectivity index (χ1) is 11.3. The summed E-state index contributed by atoms with van der Waals surface area (Å²) in [5.41, 5.74) is 1.61. The quantitative estimate of drug-likeness (QED) is 0.863. The normalized spacial score (nSPS) is 25.8. The summed E-state index contributed by atoms with van der Waals surface area (Å²) in [4.78, 5) is 13.7. The maximum absolute atomic E-state index is 5.96. The second-order valence-corrected chi connectivity index (χ2v) is 7.40. The fourth-order valence-corrected chi connectivity index (χ4v) is 4.32. The van der Waals surface area contributed by atoms with Gasteiger partial charge in [-0.2, -0.15) is 11.3 Å². The molecule has 0 aliphatic carbocycles. The van der Waals surface area contributed by atoms with Crippen LogP contribution < -0.4 is 4.90 Å². The Morgan fingerprint density at radius 1 is 1.22 bits per heavy atom. The molecule has 0 bridgehead atoms. The predicted octanol–water partition coefficient (Wildman–Crippen LogP) is 2.27. The van der Waals surface area contributed by atoms with Gasteiger partial charge in [-0.1, -0.05) is 0 Å². The summed E-state index contributed by atoms with van der Waals surface area (Å²) in [5.74, 6) is 0.845. The molecule has 2 aliphatic heterocycles. The summed E-state index contributed by atoms with van der Waals surface area (Å²) < 4.78 is 5.96. The molecule has 2 aliphatic rings. The van der Waals surface area contributed by atoms with E-state index in [1.807, 2.05) is 18.5 Å². The number of thiophene rings is 1. The first-order valence-electron chi connectivity index (χ1n) is 8.16. The highest BCUT2D eigenvalue weighted by atomic mass is 32.1. The SMILES string of the molecule is c1cnc(N2CCC3(COCCN(Cc4ccsc4)C3)C2)nc1. The van der Waals surface area contributed by atoms with E-state index in [4.69, 9.17) is 4.74 Å². The molecule has 122 valence electrons. The van der Waals surface area contributed by atoms with Gasteiger partial charge < -0.3 is 9.64 Å². The van der Waals surface area contributed by atoms with Crippen LogP contribution in [0.2, 0.25) is 0 Å². The average Bonchev–Trinajstić information content (AvgIpc) is 3.18. The van der Waals surface area contributed by atoms with Crippen LogP contribution in [0.5, 0.6) is 0 Å². The predicted molar refractivity (Wildman–Crippen MR) is 91.7 cm³/mol. The van der Waals surface area contributed by atoms with Crippen LogP contribution >= 0.6 is 11.3 Å². The van der Waals surface area contributed by atoms with Crippen molar-refractivity contribution in [2.75, 3.05) is 44.3 Å². The molecule has 4 rings (SSSR count). The number of aromatic nitrogens is 2.